The minimum atomic E-state index is 0.594. The average Bonchev–Trinajstić information content (AvgIpc) is 2.01. The number of hydrogen-bond acceptors (Lipinski definition) is 3. The molecule has 0 unspecified atom stereocenters. The summed E-state index contributed by atoms with van der Waals surface area (Å²) in [6.45, 7) is 4.26. The van der Waals surface area contributed by atoms with Gasteiger partial charge in [0.1, 0.15) is 0 Å². The summed E-state index contributed by atoms with van der Waals surface area (Å²) in [6, 6.07) is 2.51. The van der Waals surface area contributed by atoms with E-state index in [1.165, 1.54) is 12.8 Å². The van der Waals surface area contributed by atoms with Crippen LogP contribution in [-0.2, 0) is 0 Å². The van der Waals surface area contributed by atoms with Crippen LogP contribution in [0.1, 0.15) is 25.5 Å². The molecule has 1 aliphatic rings. The summed E-state index contributed by atoms with van der Waals surface area (Å²) in [4.78, 5) is 8.46. The SMILES string of the molecule is Cc1ccnc(NC2CC(C)C2)n1. The molecule has 0 amide bonds. The van der Waals surface area contributed by atoms with Crippen molar-refractivity contribution in [2.75, 3.05) is 5.32 Å². The quantitative estimate of drug-likeness (QED) is 0.750. The van der Waals surface area contributed by atoms with Crippen LogP contribution in [0.5, 0.6) is 0 Å². The first-order valence-corrected chi connectivity index (χ1v) is 4.80. The standard InChI is InChI=1S/C10H15N3/c1-7-5-9(6-7)13-10-11-4-3-8(2)12-10/h3-4,7,9H,5-6H2,1-2H3,(H,11,12,13). The van der Waals surface area contributed by atoms with Gasteiger partial charge in [-0.05, 0) is 31.7 Å². The van der Waals surface area contributed by atoms with Gasteiger partial charge in [0.2, 0.25) is 5.95 Å². The molecule has 3 nitrogen and oxygen atoms in total. The van der Waals surface area contributed by atoms with E-state index in [-0.39, 0.29) is 0 Å². The summed E-state index contributed by atoms with van der Waals surface area (Å²) in [7, 11) is 0. The molecule has 2 rings (SSSR count). The summed E-state index contributed by atoms with van der Waals surface area (Å²) in [5.41, 5.74) is 1.02. The third kappa shape index (κ3) is 1.97. The fourth-order valence-electron chi connectivity index (χ4n) is 1.72. The Morgan fingerprint density at radius 1 is 1.46 bits per heavy atom. The minimum Gasteiger partial charge on any atom is -0.351 e. The largest absolute Gasteiger partial charge is 0.351 e. The molecule has 0 spiro atoms. The Balaban J connectivity index is 1.94. The molecule has 70 valence electrons. The maximum atomic E-state index is 4.30. The number of hydrogen-bond donors (Lipinski definition) is 1. The Kier molecular flexibility index (Phi) is 2.17. The maximum Gasteiger partial charge on any atom is 0.223 e. The molecule has 0 aliphatic heterocycles. The van der Waals surface area contributed by atoms with Gasteiger partial charge < -0.3 is 5.32 Å². The molecule has 1 saturated carbocycles. The summed E-state index contributed by atoms with van der Waals surface area (Å²) < 4.78 is 0. The van der Waals surface area contributed by atoms with Gasteiger partial charge in [0.15, 0.2) is 0 Å². The van der Waals surface area contributed by atoms with Gasteiger partial charge in [-0.3, -0.25) is 0 Å². The molecular weight excluding hydrogens is 162 g/mol. The van der Waals surface area contributed by atoms with E-state index in [0.717, 1.165) is 17.6 Å². The Morgan fingerprint density at radius 3 is 2.85 bits per heavy atom. The number of nitrogens with one attached hydrogen (secondary N) is 1. The number of rotatable bonds is 2. The summed E-state index contributed by atoms with van der Waals surface area (Å²) >= 11 is 0. The number of aromatic nitrogens is 2. The van der Waals surface area contributed by atoms with Gasteiger partial charge in [-0.1, -0.05) is 6.92 Å². The number of aryl methyl sites for hydroxylation is 1. The van der Waals surface area contributed by atoms with Crippen molar-refractivity contribution >= 4 is 5.95 Å². The second kappa shape index (κ2) is 3.32. The summed E-state index contributed by atoms with van der Waals surface area (Å²) in [6.07, 6.45) is 4.29. The highest BCUT2D eigenvalue weighted by Crippen LogP contribution is 2.28. The fraction of sp³-hybridized carbons (Fsp3) is 0.600. The van der Waals surface area contributed by atoms with Gasteiger partial charge in [0, 0.05) is 17.9 Å². The molecule has 1 aromatic heterocycles. The lowest BCUT2D eigenvalue weighted by atomic mass is 9.82. The Labute approximate surface area is 78.6 Å². The van der Waals surface area contributed by atoms with Crippen molar-refractivity contribution in [3.05, 3.63) is 18.0 Å². The Morgan fingerprint density at radius 2 is 2.23 bits per heavy atom. The lowest BCUT2D eigenvalue weighted by Crippen LogP contribution is -2.34. The van der Waals surface area contributed by atoms with Crippen molar-refractivity contribution in [3.8, 4) is 0 Å². The van der Waals surface area contributed by atoms with Crippen LogP contribution in [0.2, 0.25) is 0 Å². The van der Waals surface area contributed by atoms with E-state index in [4.69, 9.17) is 0 Å². The number of nitrogens with zero attached hydrogens (tertiary/aromatic N) is 2. The minimum absolute atomic E-state index is 0.594. The molecule has 1 heterocycles. The van der Waals surface area contributed by atoms with Crippen molar-refractivity contribution in [1.82, 2.24) is 9.97 Å². The normalized spacial score (nSPS) is 26.6. The zero-order valence-electron chi connectivity index (χ0n) is 8.12. The summed E-state index contributed by atoms with van der Waals surface area (Å²) in [5, 5.41) is 3.33. The zero-order chi connectivity index (χ0) is 9.26. The van der Waals surface area contributed by atoms with Crippen molar-refractivity contribution in [3.63, 3.8) is 0 Å². The van der Waals surface area contributed by atoms with Gasteiger partial charge in [-0.15, -0.1) is 0 Å². The van der Waals surface area contributed by atoms with Gasteiger partial charge in [0.05, 0.1) is 0 Å². The summed E-state index contributed by atoms with van der Waals surface area (Å²) in [5.74, 6) is 1.64. The van der Waals surface area contributed by atoms with Crippen LogP contribution in [-0.4, -0.2) is 16.0 Å². The van der Waals surface area contributed by atoms with Crippen LogP contribution >= 0.6 is 0 Å². The molecule has 0 radical (unpaired) electrons. The van der Waals surface area contributed by atoms with Crippen molar-refractivity contribution in [2.24, 2.45) is 5.92 Å². The monoisotopic (exact) mass is 177 g/mol. The molecule has 0 saturated heterocycles. The molecular formula is C10H15N3. The van der Waals surface area contributed by atoms with Crippen molar-refractivity contribution in [1.29, 1.82) is 0 Å². The van der Waals surface area contributed by atoms with Crippen molar-refractivity contribution in [2.45, 2.75) is 32.7 Å². The lowest BCUT2D eigenvalue weighted by molar-refractivity contribution is 0.308. The predicted molar refractivity (Wildman–Crippen MR) is 52.6 cm³/mol. The van der Waals surface area contributed by atoms with E-state index in [2.05, 4.69) is 22.2 Å². The molecule has 13 heavy (non-hydrogen) atoms. The van der Waals surface area contributed by atoms with Gasteiger partial charge in [0.25, 0.3) is 0 Å². The van der Waals surface area contributed by atoms with Gasteiger partial charge >= 0.3 is 0 Å². The zero-order valence-corrected chi connectivity index (χ0v) is 8.12. The second-order valence-electron chi connectivity index (χ2n) is 3.94. The average molecular weight is 177 g/mol. The molecule has 1 fully saturated rings. The van der Waals surface area contributed by atoms with Crippen LogP contribution in [0.25, 0.3) is 0 Å². The molecule has 1 N–H and O–H groups in total. The van der Waals surface area contributed by atoms with Crippen molar-refractivity contribution < 1.29 is 0 Å². The van der Waals surface area contributed by atoms with Crippen LogP contribution in [0, 0.1) is 12.8 Å². The van der Waals surface area contributed by atoms with Crippen LogP contribution in [0.3, 0.4) is 0 Å². The first-order chi connectivity index (χ1) is 6.24. The van der Waals surface area contributed by atoms with Crippen LogP contribution in [0.4, 0.5) is 5.95 Å². The van der Waals surface area contributed by atoms with Crippen LogP contribution < -0.4 is 5.32 Å². The van der Waals surface area contributed by atoms with E-state index in [1.54, 1.807) is 6.20 Å². The Hall–Kier alpha value is -1.12. The van der Waals surface area contributed by atoms with Crippen LogP contribution in [0.15, 0.2) is 12.3 Å². The maximum absolute atomic E-state index is 4.30. The molecule has 1 aromatic rings. The first-order valence-electron chi connectivity index (χ1n) is 4.80. The Bertz CT molecular complexity index is 292. The fourth-order valence-corrected chi connectivity index (χ4v) is 1.72. The number of anilines is 1. The van der Waals surface area contributed by atoms with E-state index < -0.39 is 0 Å². The molecule has 0 aromatic carbocycles. The topological polar surface area (TPSA) is 37.8 Å². The first kappa shape index (κ1) is 8.48. The third-order valence-corrected chi connectivity index (χ3v) is 2.50. The highest BCUT2D eigenvalue weighted by molar-refractivity contribution is 5.27. The third-order valence-electron chi connectivity index (χ3n) is 2.50. The highest BCUT2D eigenvalue weighted by atomic mass is 15.1. The lowest BCUT2D eigenvalue weighted by Gasteiger charge is -2.33. The van der Waals surface area contributed by atoms with E-state index in [9.17, 15) is 0 Å². The second-order valence-corrected chi connectivity index (χ2v) is 3.94. The van der Waals surface area contributed by atoms with E-state index >= 15 is 0 Å². The van der Waals surface area contributed by atoms with Gasteiger partial charge in [-0.2, -0.15) is 0 Å². The van der Waals surface area contributed by atoms with E-state index in [0.29, 0.717) is 6.04 Å². The predicted octanol–water partition coefficient (Wildman–Crippen LogP) is 2.00. The van der Waals surface area contributed by atoms with E-state index in [1.807, 2.05) is 13.0 Å². The molecule has 3 heteroatoms. The van der Waals surface area contributed by atoms with Gasteiger partial charge in [-0.25, -0.2) is 9.97 Å². The molecule has 1 aliphatic carbocycles. The molecule has 0 atom stereocenters. The smallest absolute Gasteiger partial charge is 0.223 e. The molecule has 0 bridgehead atoms. The highest BCUT2D eigenvalue weighted by Gasteiger charge is 2.25.